The van der Waals surface area contributed by atoms with Gasteiger partial charge >= 0.3 is 0 Å². The van der Waals surface area contributed by atoms with Gasteiger partial charge in [-0.3, -0.25) is 9.78 Å². The Morgan fingerprint density at radius 1 is 1.29 bits per heavy atom. The third-order valence-corrected chi connectivity index (χ3v) is 3.88. The van der Waals surface area contributed by atoms with Gasteiger partial charge in [-0.25, -0.2) is 0 Å². The fourth-order valence-electron chi connectivity index (χ4n) is 1.44. The van der Waals surface area contributed by atoms with Gasteiger partial charge in [0.15, 0.2) is 5.78 Å². The first-order valence-electron chi connectivity index (χ1n) is 5.05. The average Bonchev–Trinajstić information content (AvgIpc) is 2.34. The minimum Gasteiger partial charge on any atom is -0.294 e. The molecule has 0 aliphatic heterocycles. The van der Waals surface area contributed by atoms with Crippen LogP contribution in [0, 0.1) is 3.57 Å². The fourth-order valence-corrected chi connectivity index (χ4v) is 1.95. The Balaban J connectivity index is 2.18. The first-order chi connectivity index (χ1) is 8.16. The van der Waals surface area contributed by atoms with Crippen LogP contribution < -0.4 is 0 Å². The number of carbonyl (C=O) groups is 1. The molecule has 86 valence electrons. The number of halogens is 2. The fraction of sp³-hybridized carbons (Fsp3) is 0.0769. The summed E-state index contributed by atoms with van der Waals surface area (Å²) in [5.41, 5.74) is 1.40. The summed E-state index contributed by atoms with van der Waals surface area (Å²) in [5, 5.41) is 0.609. The second-order valence-corrected chi connectivity index (χ2v) is 5.12. The van der Waals surface area contributed by atoms with E-state index >= 15 is 0 Å². The molecule has 4 heteroatoms. The molecule has 1 heterocycles. The summed E-state index contributed by atoms with van der Waals surface area (Å²) in [5.74, 6) is 0.0296. The molecule has 0 bridgehead atoms. The first-order valence-corrected chi connectivity index (χ1v) is 6.50. The van der Waals surface area contributed by atoms with E-state index in [-0.39, 0.29) is 5.78 Å². The largest absolute Gasteiger partial charge is 0.294 e. The zero-order valence-corrected chi connectivity index (χ0v) is 11.8. The molecule has 0 saturated carbocycles. The Labute approximate surface area is 118 Å². The van der Waals surface area contributed by atoms with Gasteiger partial charge in [0, 0.05) is 21.0 Å². The molecule has 0 radical (unpaired) electrons. The van der Waals surface area contributed by atoms with Gasteiger partial charge < -0.3 is 0 Å². The minimum absolute atomic E-state index is 0.0296. The molecule has 0 atom stereocenters. The maximum Gasteiger partial charge on any atom is 0.168 e. The predicted octanol–water partition coefficient (Wildman–Crippen LogP) is 3.77. The summed E-state index contributed by atoms with van der Waals surface area (Å²) in [6.45, 7) is 0. The molecular formula is C13H9ClINO. The third kappa shape index (κ3) is 3.26. The maximum atomic E-state index is 12.0. The monoisotopic (exact) mass is 357 g/mol. The number of pyridine rings is 1. The molecule has 17 heavy (non-hydrogen) atoms. The number of Topliss-reactive ketones (excluding diaryl/α,β-unsaturated/α-hetero) is 1. The molecule has 0 N–H and O–H groups in total. The second-order valence-electron chi connectivity index (χ2n) is 3.55. The lowest BCUT2D eigenvalue weighted by molar-refractivity contribution is 0.0992. The number of ketones is 1. The molecule has 0 fully saturated rings. The molecule has 0 amide bonds. The van der Waals surface area contributed by atoms with Crippen molar-refractivity contribution in [3.05, 3.63) is 62.4 Å². The van der Waals surface area contributed by atoms with Crippen LogP contribution in [0.25, 0.3) is 0 Å². The molecule has 2 rings (SSSR count). The molecular weight excluding hydrogens is 349 g/mol. The van der Waals surface area contributed by atoms with Crippen molar-refractivity contribution >= 4 is 40.0 Å². The quantitative estimate of drug-likeness (QED) is 0.618. The number of hydrogen-bond donors (Lipinski definition) is 0. The highest BCUT2D eigenvalue weighted by Crippen LogP contribution is 2.20. The third-order valence-electron chi connectivity index (χ3n) is 2.31. The van der Waals surface area contributed by atoms with Crippen molar-refractivity contribution in [1.29, 1.82) is 0 Å². The van der Waals surface area contributed by atoms with Crippen molar-refractivity contribution in [2.75, 3.05) is 0 Å². The van der Waals surface area contributed by atoms with Crippen molar-refractivity contribution in [1.82, 2.24) is 4.98 Å². The maximum absolute atomic E-state index is 12.0. The van der Waals surface area contributed by atoms with E-state index in [2.05, 4.69) is 27.6 Å². The summed E-state index contributed by atoms with van der Waals surface area (Å²) >= 11 is 8.12. The Morgan fingerprint density at radius 2 is 2.12 bits per heavy atom. The summed E-state index contributed by atoms with van der Waals surface area (Å²) in [4.78, 5) is 16.1. The van der Waals surface area contributed by atoms with Crippen LogP contribution in [0.5, 0.6) is 0 Å². The highest BCUT2D eigenvalue weighted by atomic mass is 127. The van der Waals surface area contributed by atoms with Gasteiger partial charge in [0.25, 0.3) is 0 Å². The van der Waals surface area contributed by atoms with Gasteiger partial charge in [-0.05, 0) is 46.9 Å². The van der Waals surface area contributed by atoms with Gasteiger partial charge in [-0.2, -0.15) is 0 Å². The number of nitrogens with zero attached hydrogens (tertiary/aromatic N) is 1. The number of aromatic nitrogens is 1. The van der Waals surface area contributed by atoms with Crippen molar-refractivity contribution in [2.45, 2.75) is 6.42 Å². The number of rotatable bonds is 3. The van der Waals surface area contributed by atoms with Crippen LogP contribution in [0.4, 0.5) is 0 Å². The van der Waals surface area contributed by atoms with E-state index in [1.807, 2.05) is 24.3 Å². The zero-order valence-electron chi connectivity index (χ0n) is 8.86. The molecule has 2 aromatic rings. The van der Waals surface area contributed by atoms with Gasteiger partial charge in [0.2, 0.25) is 0 Å². The van der Waals surface area contributed by atoms with Crippen LogP contribution in [-0.2, 0) is 6.42 Å². The SMILES string of the molecule is O=C(Cc1ccccn1)c1ccc(I)c(Cl)c1. The highest BCUT2D eigenvalue weighted by Gasteiger charge is 2.09. The Hall–Kier alpha value is -0.940. The molecule has 0 spiro atoms. The van der Waals surface area contributed by atoms with Crippen molar-refractivity contribution in [2.24, 2.45) is 0 Å². The first kappa shape index (κ1) is 12.5. The van der Waals surface area contributed by atoms with Gasteiger partial charge in [0.1, 0.15) is 0 Å². The van der Waals surface area contributed by atoms with Gasteiger partial charge in [-0.15, -0.1) is 0 Å². The highest BCUT2D eigenvalue weighted by molar-refractivity contribution is 14.1. The summed E-state index contributed by atoms with van der Waals surface area (Å²) < 4.78 is 0.943. The van der Waals surface area contributed by atoms with E-state index in [0.717, 1.165) is 9.26 Å². The average molecular weight is 358 g/mol. The van der Waals surface area contributed by atoms with Gasteiger partial charge in [0.05, 0.1) is 11.4 Å². The van der Waals surface area contributed by atoms with E-state index < -0.39 is 0 Å². The summed E-state index contributed by atoms with van der Waals surface area (Å²) in [6.07, 6.45) is 1.99. The Kier molecular flexibility index (Phi) is 4.12. The van der Waals surface area contributed by atoms with Crippen molar-refractivity contribution in [3.8, 4) is 0 Å². The smallest absolute Gasteiger partial charge is 0.168 e. The number of carbonyl (C=O) groups excluding carboxylic acids is 1. The topological polar surface area (TPSA) is 30.0 Å². The van der Waals surface area contributed by atoms with E-state index in [0.29, 0.717) is 17.0 Å². The van der Waals surface area contributed by atoms with Crippen LogP contribution in [0.1, 0.15) is 16.1 Å². The van der Waals surface area contributed by atoms with Crippen molar-refractivity contribution < 1.29 is 4.79 Å². The lowest BCUT2D eigenvalue weighted by atomic mass is 10.1. The van der Waals surface area contributed by atoms with Crippen LogP contribution in [-0.4, -0.2) is 10.8 Å². The zero-order chi connectivity index (χ0) is 12.3. The number of benzene rings is 1. The molecule has 0 saturated heterocycles. The molecule has 1 aromatic carbocycles. The van der Waals surface area contributed by atoms with Crippen LogP contribution in [0.15, 0.2) is 42.6 Å². The van der Waals surface area contributed by atoms with E-state index in [9.17, 15) is 4.79 Å². The van der Waals surface area contributed by atoms with Crippen molar-refractivity contribution in [3.63, 3.8) is 0 Å². The van der Waals surface area contributed by atoms with E-state index in [1.165, 1.54) is 0 Å². The standard InChI is InChI=1S/C13H9ClINO/c14-11-7-9(4-5-12(11)15)13(17)8-10-3-1-2-6-16-10/h1-7H,8H2. The lowest BCUT2D eigenvalue weighted by Crippen LogP contribution is -2.04. The normalized spacial score (nSPS) is 10.2. The predicted molar refractivity (Wildman–Crippen MR) is 76.4 cm³/mol. The lowest BCUT2D eigenvalue weighted by Gasteiger charge is -2.02. The van der Waals surface area contributed by atoms with E-state index in [4.69, 9.17) is 11.6 Å². The summed E-state index contributed by atoms with van der Waals surface area (Å²) in [6, 6.07) is 10.9. The molecule has 2 nitrogen and oxygen atoms in total. The molecule has 0 aliphatic carbocycles. The second kappa shape index (κ2) is 5.60. The minimum atomic E-state index is 0.0296. The Bertz CT molecular complexity index is 542. The summed E-state index contributed by atoms with van der Waals surface area (Å²) in [7, 11) is 0. The Morgan fingerprint density at radius 3 is 2.76 bits per heavy atom. The van der Waals surface area contributed by atoms with Crippen LogP contribution >= 0.6 is 34.2 Å². The van der Waals surface area contributed by atoms with Crippen LogP contribution in [0.3, 0.4) is 0 Å². The molecule has 0 aliphatic rings. The number of hydrogen-bond acceptors (Lipinski definition) is 2. The van der Waals surface area contributed by atoms with Gasteiger partial charge in [-0.1, -0.05) is 23.7 Å². The van der Waals surface area contributed by atoms with Crippen LogP contribution in [0.2, 0.25) is 5.02 Å². The molecule has 0 unspecified atom stereocenters. The molecule has 1 aromatic heterocycles. The van der Waals surface area contributed by atoms with E-state index in [1.54, 1.807) is 18.3 Å².